The first-order chi connectivity index (χ1) is 24.8. The Bertz CT molecular complexity index is 2680. The maximum atomic E-state index is 6.31. The zero-order valence-corrected chi connectivity index (χ0v) is 26.5. The number of furan rings is 2. The largest absolute Gasteiger partial charge is 0.452 e. The Labute approximate surface area is 285 Å². The fourth-order valence-electron chi connectivity index (χ4n) is 6.55. The second-order valence-electron chi connectivity index (χ2n) is 12.1. The molecule has 0 fully saturated rings. The molecule has 0 aliphatic heterocycles. The van der Waals surface area contributed by atoms with Crippen molar-refractivity contribution in [1.29, 1.82) is 0 Å². The quantitative estimate of drug-likeness (QED) is 0.184. The van der Waals surface area contributed by atoms with Crippen molar-refractivity contribution in [2.24, 2.45) is 0 Å². The molecule has 7 heteroatoms. The molecule has 234 valence electrons. The third kappa shape index (κ3) is 4.64. The second-order valence-corrected chi connectivity index (χ2v) is 12.1. The molecular formula is C43H25N5O2. The molecule has 0 aliphatic carbocycles. The standard InChI is InChI=1S/C43H25N5O2/c1-3-13-26(14-4-1)36-40-38(30-19-7-9-23-34(30)49-40)47-42(45-36)29-18-11-17-28(25-29)32-21-12-22-33(44-32)43-46-37(27-15-5-2-6-16-27)41-39(48-43)31-20-8-10-24-35(31)50-41/h1-25H. The van der Waals surface area contributed by atoms with Crippen LogP contribution in [0.15, 0.2) is 160 Å². The van der Waals surface area contributed by atoms with Gasteiger partial charge in [0, 0.05) is 33.0 Å². The summed E-state index contributed by atoms with van der Waals surface area (Å²) in [6, 6.07) is 50.1. The molecule has 0 saturated heterocycles. The number of fused-ring (bicyclic) bond motifs is 6. The summed E-state index contributed by atoms with van der Waals surface area (Å²) >= 11 is 0. The Balaban J connectivity index is 1.11. The van der Waals surface area contributed by atoms with E-state index in [0.29, 0.717) is 28.5 Å². The normalized spacial score (nSPS) is 11.6. The molecule has 0 radical (unpaired) electrons. The molecule has 10 rings (SSSR count). The maximum Gasteiger partial charge on any atom is 0.180 e. The maximum absolute atomic E-state index is 6.31. The van der Waals surface area contributed by atoms with Crippen molar-refractivity contribution in [2.75, 3.05) is 0 Å². The van der Waals surface area contributed by atoms with Crippen LogP contribution >= 0.6 is 0 Å². The van der Waals surface area contributed by atoms with Crippen molar-refractivity contribution in [3.63, 3.8) is 0 Å². The van der Waals surface area contributed by atoms with Crippen molar-refractivity contribution in [3.05, 3.63) is 152 Å². The Kier molecular flexibility index (Phi) is 6.35. The lowest BCUT2D eigenvalue weighted by Crippen LogP contribution is -1.97. The van der Waals surface area contributed by atoms with Gasteiger partial charge < -0.3 is 8.83 Å². The summed E-state index contributed by atoms with van der Waals surface area (Å²) in [4.78, 5) is 25.3. The van der Waals surface area contributed by atoms with E-state index < -0.39 is 0 Å². The predicted octanol–water partition coefficient (Wildman–Crippen LogP) is 10.8. The van der Waals surface area contributed by atoms with E-state index in [1.807, 2.05) is 146 Å². The first kappa shape index (κ1) is 28.1. The summed E-state index contributed by atoms with van der Waals surface area (Å²) in [5, 5.41) is 1.88. The summed E-state index contributed by atoms with van der Waals surface area (Å²) in [6.07, 6.45) is 0. The van der Waals surface area contributed by atoms with Crippen LogP contribution in [0.3, 0.4) is 0 Å². The molecule has 0 saturated carbocycles. The summed E-state index contributed by atoms with van der Waals surface area (Å²) in [6.45, 7) is 0. The van der Waals surface area contributed by atoms with Crippen molar-refractivity contribution in [1.82, 2.24) is 24.9 Å². The Hall–Kier alpha value is -6.99. The average molecular weight is 644 g/mol. The molecule has 0 atom stereocenters. The lowest BCUT2D eigenvalue weighted by atomic mass is 10.1. The minimum atomic E-state index is 0.522. The van der Waals surface area contributed by atoms with E-state index in [0.717, 1.165) is 72.3 Å². The van der Waals surface area contributed by atoms with Crippen LogP contribution in [-0.2, 0) is 0 Å². The molecular weight excluding hydrogens is 619 g/mol. The molecule has 0 unspecified atom stereocenters. The third-order valence-corrected chi connectivity index (χ3v) is 8.93. The molecule has 7 nitrogen and oxygen atoms in total. The van der Waals surface area contributed by atoms with E-state index in [4.69, 9.17) is 33.8 Å². The van der Waals surface area contributed by atoms with Crippen molar-refractivity contribution < 1.29 is 8.83 Å². The van der Waals surface area contributed by atoms with Gasteiger partial charge >= 0.3 is 0 Å². The molecule has 10 aromatic rings. The minimum absolute atomic E-state index is 0.522. The van der Waals surface area contributed by atoms with Crippen LogP contribution < -0.4 is 0 Å². The lowest BCUT2D eigenvalue weighted by Gasteiger charge is -2.09. The van der Waals surface area contributed by atoms with Crippen LogP contribution in [-0.4, -0.2) is 24.9 Å². The van der Waals surface area contributed by atoms with Crippen molar-refractivity contribution >= 4 is 44.1 Å². The minimum Gasteiger partial charge on any atom is -0.452 e. The van der Waals surface area contributed by atoms with Gasteiger partial charge in [0.05, 0.1) is 5.69 Å². The van der Waals surface area contributed by atoms with E-state index in [-0.39, 0.29) is 0 Å². The van der Waals surface area contributed by atoms with Crippen molar-refractivity contribution in [2.45, 2.75) is 0 Å². The molecule has 5 aromatic carbocycles. The van der Waals surface area contributed by atoms with E-state index >= 15 is 0 Å². The number of benzene rings is 5. The Morgan fingerprint density at radius 2 is 0.820 bits per heavy atom. The predicted molar refractivity (Wildman–Crippen MR) is 197 cm³/mol. The molecule has 0 N–H and O–H groups in total. The van der Waals surface area contributed by atoms with Crippen LogP contribution in [0.5, 0.6) is 0 Å². The monoisotopic (exact) mass is 643 g/mol. The fraction of sp³-hybridized carbons (Fsp3) is 0. The second kappa shape index (κ2) is 11.3. The Morgan fingerprint density at radius 3 is 1.46 bits per heavy atom. The van der Waals surface area contributed by atoms with Gasteiger partial charge in [0.2, 0.25) is 0 Å². The fourth-order valence-corrected chi connectivity index (χ4v) is 6.55. The molecule has 0 amide bonds. The highest BCUT2D eigenvalue weighted by Crippen LogP contribution is 2.37. The topological polar surface area (TPSA) is 90.7 Å². The molecule has 0 spiro atoms. The first-order valence-electron chi connectivity index (χ1n) is 16.3. The van der Waals surface area contributed by atoms with E-state index in [9.17, 15) is 0 Å². The van der Waals surface area contributed by atoms with Crippen LogP contribution in [0.25, 0.3) is 101 Å². The number of hydrogen-bond donors (Lipinski definition) is 0. The summed E-state index contributed by atoms with van der Waals surface area (Å²) in [5.41, 5.74) is 11.0. The number of para-hydroxylation sites is 2. The molecule has 5 aromatic heterocycles. The SMILES string of the molecule is c1ccc(-c2nc(-c3cccc(-c4cccc(-c5nc(-c6ccccc6)c6oc7ccccc7c6n5)n4)c3)nc3c2oc2ccccc23)cc1. The average Bonchev–Trinajstić information content (AvgIpc) is 3.76. The smallest absolute Gasteiger partial charge is 0.180 e. The number of pyridine rings is 1. The van der Waals surface area contributed by atoms with Gasteiger partial charge in [-0.3, -0.25) is 0 Å². The highest BCUT2D eigenvalue weighted by atomic mass is 16.3. The van der Waals surface area contributed by atoms with E-state index in [2.05, 4.69) is 6.07 Å². The van der Waals surface area contributed by atoms with Crippen LogP contribution in [0.2, 0.25) is 0 Å². The third-order valence-electron chi connectivity index (χ3n) is 8.93. The Morgan fingerprint density at radius 1 is 0.340 bits per heavy atom. The molecule has 50 heavy (non-hydrogen) atoms. The molecule has 0 aliphatic rings. The van der Waals surface area contributed by atoms with Crippen LogP contribution in [0.1, 0.15) is 0 Å². The van der Waals surface area contributed by atoms with Crippen LogP contribution in [0.4, 0.5) is 0 Å². The van der Waals surface area contributed by atoms with Crippen LogP contribution in [0, 0.1) is 0 Å². The van der Waals surface area contributed by atoms with Gasteiger partial charge in [-0.15, -0.1) is 0 Å². The van der Waals surface area contributed by atoms with Gasteiger partial charge in [-0.1, -0.05) is 109 Å². The highest BCUT2D eigenvalue weighted by molar-refractivity contribution is 6.08. The van der Waals surface area contributed by atoms with Gasteiger partial charge in [0.15, 0.2) is 22.8 Å². The van der Waals surface area contributed by atoms with Gasteiger partial charge in [0.1, 0.15) is 39.3 Å². The van der Waals surface area contributed by atoms with Gasteiger partial charge in [-0.05, 0) is 42.5 Å². The van der Waals surface area contributed by atoms with E-state index in [1.54, 1.807) is 0 Å². The zero-order valence-electron chi connectivity index (χ0n) is 26.5. The number of rotatable bonds is 5. The van der Waals surface area contributed by atoms with Gasteiger partial charge in [-0.2, -0.15) is 0 Å². The molecule has 0 bridgehead atoms. The zero-order chi connectivity index (χ0) is 33.0. The lowest BCUT2D eigenvalue weighted by molar-refractivity contribution is 0.667. The van der Waals surface area contributed by atoms with Gasteiger partial charge in [-0.25, -0.2) is 24.9 Å². The van der Waals surface area contributed by atoms with Gasteiger partial charge in [0.25, 0.3) is 0 Å². The molecule has 5 heterocycles. The van der Waals surface area contributed by atoms with Crippen molar-refractivity contribution in [3.8, 4) is 56.7 Å². The summed E-state index contributed by atoms with van der Waals surface area (Å²) in [5.74, 6) is 1.13. The summed E-state index contributed by atoms with van der Waals surface area (Å²) in [7, 11) is 0. The summed E-state index contributed by atoms with van der Waals surface area (Å²) < 4.78 is 12.6. The van der Waals surface area contributed by atoms with E-state index in [1.165, 1.54) is 0 Å². The first-order valence-corrected chi connectivity index (χ1v) is 16.3. The number of nitrogens with zero attached hydrogens (tertiary/aromatic N) is 5. The number of hydrogen-bond acceptors (Lipinski definition) is 7. The highest BCUT2D eigenvalue weighted by Gasteiger charge is 2.20. The number of aromatic nitrogens is 5.